The average Bonchev–Trinajstić information content (AvgIpc) is 2.20. The fourth-order valence-corrected chi connectivity index (χ4v) is 2.13. The molecular weight excluding hydrogens is 202 g/mol. The molecule has 16 heavy (non-hydrogen) atoms. The van der Waals surface area contributed by atoms with E-state index in [1.807, 2.05) is 0 Å². The van der Waals surface area contributed by atoms with Gasteiger partial charge in [0.1, 0.15) is 0 Å². The molecule has 0 radical (unpaired) electrons. The second-order valence-corrected chi connectivity index (χ2v) is 4.64. The van der Waals surface area contributed by atoms with Crippen molar-refractivity contribution in [1.82, 2.24) is 5.32 Å². The van der Waals surface area contributed by atoms with Gasteiger partial charge in [0.05, 0.1) is 0 Å². The first kappa shape index (κ1) is 13.2. The summed E-state index contributed by atoms with van der Waals surface area (Å²) in [5.74, 6) is -0.820. The summed E-state index contributed by atoms with van der Waals surface area (Å²) in [4.78, 5) is 10.6. The summed E-state index contributed by atoms with van der Waals surface area (Å²) in [6.07, 6.45) is 10.9. The molecule has 3 nitrogen and oxygen atoms in total. The van der Waals surface area contributed by atoms with Crippen molar-refractivity contribution in [2.24, 2.45) is 0 Å². The van der Waals surface area contributed by atoms with Crippen LogP contribution in [0.1, 0.15) is 51.9 Å². The summed E-state index contributed by atoms with van der Waals surface area (Å²) in [7, 11) is 0. The number of hydrogen-bond donors (Lipinski definition) is 2. The largest absolute Gasteiger partial charge is 0.478 e. The van der Waals surface area contributed by atoms with E-state index < -0.39 is 5.97 Å². The highest BCUT2D eigenvalue weighted by molar-refractivity contribution is 5.85. The van der Waals surface area contributed by atoms with Gasteiger partial charge in [-0.3, -0.25) is 0 Å². The molecule has 0 amide bonds. The first-order valence-electron chi connectivity index (χ1n) is 6.33. The maximum absolute atomic E-state index is 10.6. The number of carbonyl (C=O) groups is 1. The summed E-state index contributed by atoms with van der Waals surface area (Å²) < 4.78 is 0. The van der Waals surface area contributed by atoms with Crippen molar-refractivity contribution in [2.75, 3.05) is 6.54 Å². The molecule has 1 saturated carbocycles. The van der Waals surface area contributed by atoms with Crippen molar-refractivity contribution in [2.45, 2.75) is 57.9 Å². The van der Waals surface area contributed by atoms with Crippen molar-refractivity contribution >= 4 is 5.97 Å². The van der Waals surface area contributed by atoms with Crippen molar-refractivity contribution in [3.05, 3.63) is 11.6 Å². The predicted molar refractivity (Wildman–Crippen MR) is 65.5 cm³/mol. The molecule has 1 aliphatic carbocycles. The molecule has 0 aromatic heterocycles. The zero-order chi connectivity index (χ0) is 11.8. The number of hydrogen-bond acceptors (Lipinski definition) is 2. The van der Waals surface area contributed by atoms with Crippen molar-refractivity contribution in [1.29, 1.82) is 0 Å². The van der Waals surface area contributed by atoms with Gasteiger partial charge in [0.15, 0.2) is 0 Å². The first-order chi connectivity index (χ1) is 7.70. The second kappa shape index (κ2) is 7.44. The van der Waals surface area contributed by atoms with Gasteiger partial charge >= 0.3 is 5.97 Å². The van der Waals surface area contributed by atoms with Crippen LogP contribution in [0.4, 0.5) is 0 Å². The maximum atomic E-state index is 10.6. The fourth-order valence-electron chi connectivity index (χ4n) is 2.13. The molecule has 1 aliphatic rings. The molecule has 0 unspecified atom stereocenters. The lowest BCUT2D eigenvalue weighted by Gasteiger charge is -2.20. The third-order valence-electron chi connectivity index (χ3n) is 3.26. The Balaban J connectivity index is 2.24. The van der Waals surface area contributed by atoms with Crippen LogP contribution in [-0.4, -0.2) is 23.7 Å². The van der Waals surface area contributed by atoms with Gasteiger partial charge in [-0.2, -0.15) is 0 Å². The van der Waals surface area contributed by atoms with Crippen LogP contribution in [0.25, 0.3) is 0 Å². The third kappa shape index (κ3) is 5.31. The summed E-state index contributed by atoms with van der Waals surface area (Å²) in [6, 6.07) is 0.582. The lowest BCUT2D eigenvalue weighted by molar-refractivity contribution is -0.132. The molecule has 0 aliphatic heterocycles. The second-order valence-electron chi connectivity index (χ2n) is 4.64. The molecule has 0 heterocycles. The summed E-state index contributed by atoms with van der Waals surface area (Å²) in [6.45, 7) is 2.32. The zero-order valence-electron chi connectivity index (χ0n) is 10.2. The third-order valence-corrected chi connectivity index (χ3v) is 3.26. The standard InChI is InChI=1S/C13H23NO2/c1-11(13(15)16)9-10-14-12-7-5-3-2-4-6-8-12/h9,12,14H,2-8,10H2,1H3,(H,15,16). The monoisotopic (exact) mass is 225 g/mol. The minimum Gasteiger partial charge on any atom is -0.478 e. The van der Waals surface area contributed by atoms with Crippen LogP contribution < -0.4 is 5.32 Å². The van der Waals surface area contributed by atoms with Crippen LogP contribution in [-0.2, 0) is 4.79 Å². The van der Waals surface area contributed by atoms with Crippen LogP contribution in [0.3, 0.4) is 0 Å². The number of carboxylic acids is 1. The molecule has 2 N–H and O–H groups in total. The molecule has 0 bridgehead atoms. The molecule has 0 atom stereocenters. The van der Waals surface area contributed by atoms with E-state index in [2.05, 4.69) is 5.32 Å². The SMILES string of the molecule is CC(=CCNC1CCCCCCC1)C(=O)O. The molecule has 1 rings (SSSR count). The predicted octanol–water partition coefficient (Wildman–Crippen LogP) is 2.72. The molecule has 1 fully saturated rings. The van der Waals surface area contributed by atoms with E-state index in [0.29, 0.717) is 18.2 Å². The number of carboxylic acid groups (broad SMARTS) is 1. The van der Waals surface area contributed by atoms with Gasteiger partial charge in [-0.1, -0.05) is 38.2 Å². The van der Waals surface area contributed by atoms with Crippen LogP contribution in [0.15, 0.2) is 11.6 Å². The Labute approximate surface area is 97.9 Å². The van der Waals surface area contributed by atoms with E-state index in [4.69, 9.17) is 5.11 Å². The van der Waals surface area contributed by atoms with E-state index in [-0.39, 0.29) is 0 Å². The first-order valence-corrected chi connectivity index (χ1v) is 6.33. The average molecular weight is 225 g/mol. The maximum Gasteiger partial charge on any atom is 0.330 e. The summed E-state index contributed by atoms with van der Waals surface area (Å²) >= 11 is 0. The van der Waals surface area contributed by atoms with Crippen LogP contribution >= 0.6 is 0 Å². The Kier molecular flexibility index (Phi) is 6.16. The molecule has 92 valence electrons. The lowest BCUT2D eigenvalue weighted by Crippen LogP contribution is -2.30. The Morgan fingerprint density at radius 1 is 1.25 bits per heavy atom. The van der Waals surface area contributed by atoms with E-state index in [9.17, 15) is 4.79 Å². The molecular formula is C13H23NO2. The van der Waals surface area contributed by atoms with Gasteiger partial charge in [0.25, 0.3) is 0 Å². The normalized spacial score (nSPS) is 20.2. The van der Waals surface area contributed by atoms with Gasteiger partial charge < -0.3 is 10.4 Å². The van der Waals surface area contributed by atoms with E-state index in [0.717, 1.165) is 0 Å². The highest BCUT2D eigenvalue weighted by atomic mass is 16.4. The lowest BCUT2D eigenvalue weighted by atomic mass is 9.97. The van der Waals surface area contributed by atoms with Crippen LogP contribution in [0.2, 0.25) is 0 Å². The topological polar surface area (TPSA) is 49.3 Å². The minimum absolute atomic E-state index is 0.429. The fraction of sp³-hybridized carbons (Fsp3) is 0.769. The van der Waals surface area contributed by atoms with E-state index in [1.54, 1.807) is 13.0 Å². The van der Waals surface area contributed by atoms with Gasteiger partial charge in [0, 0.05) is 18.2 Å². The molecule has 3 heteroatoms. The van der Waals surface area contributed by atoms with Crippen LogP contribution in [0, 0.1) is 0 Å². The van der Waals surface area contributed by atoms with E-state index in [1.165, 1.54) is 44.9 Å². The van der Waals surface area contributed by atoms with Crippen molar-refractivity contribution in [3.8, 4) is 0 Å². The molecule has 0 aromatic rings. The van der Waals surface area contributed by atoms with Gasteiger partial charge in [-0.05, 0) is 19.8 Å². The molecule has 0 saturated heterocycles. The quantitative estimate of drug-likeness (QED) is 0.723. The van der Waals surface area contributed by atoms with E-state index >= 15 is 0 Å². The highest BCUT2D eigenvalue weighted by Gasteiger charge is 2.09. The van der Waals surface area contributed by atoms with Gasteiger partial charge in [-0.25, -0.2) is 4.79 Å². The Bertz CT molecular complexity index is 240. The Morgan fingerprint density at radius 2 is 1.81 bits per heavy atom. The number of rotatable bonds is 4. The zero-order valence-corrected chi connectivity index (χ0v) is 10.2. The molecule has 0 spiro atoms. The highest BCUT2D eigenvalue weighted by Crippen LogP contribution is 2.16. The summed E-state index contributed by atoms with van der Waals surface area (Å²) in [5.41, 5.74) is 0.429. The Hall–Kier alpha value is -0.830. The minimum atomic E-state index is -0.820. The van der Waals surface area contributed by atoms with Crippen molar-refractivity contribution < 1.29 is 9.90 Å². The number of aliphatic carboxylic acids is 1. The van der Waals surface area contributed by atoms with Gasteiger partial charge in [-0.15, -0.1) is 0 Å². The number of nitrogens with one attached hydrogen (secondary N) is 1. The Morgan fingerprint density at radius 3 is 2.38 bits per heavy atom. The molecule has 0 aromatic carbocycles. The van der Waals surface area contributed by atoms with Crippen molar-refractivity contribution in [3.63, 3.8) is 0 Å². The van der Waals surface area contributed by atoms with Gasteiger partial charge in [0.2, 0.25) is 0 Å². The van der Waals surface area contributed by atoms with Crippen LogP contribution in [0.5, 0.6) is 0 Å². The summed E-state index contributed by atoms with van der Waals surface area (Å²) in [5, 5.41) is 12.1. The smallest absolute Gasteiger partial charge is 0.330 e.